The highest BCUT2D eigenvalue weighted by Crippen LogP contribution is 2.36. The molecule has 0 saturated carbocycles. The number of hydrogen-bond donors (Lipinski definition) is 0. The molecule has 0 N–H and O–H groups in total. The number of fused-ring (bicyclic) bond motifs is 1. The fourth-order valence-corrected chi connectivity index (χ4v) is 4.84. The van der Waals surface area contributed by atoms with Crippen molar-refractivity contribution in [3.63, 3.8) is 0 Å². The summed E-state index contributed by atoms with van der Waals surface area (Å²) in [5, 5.41) is 19.4. The van der Waals surface area contributed by atoms with Crippen LogP contribution < -0.4 is 0 Å². The van der Waals surface area contributed by atoms with E-state index in [-0.39, 0.29) is 5.65 Å². The molecule has 0 bridgehead atoms. The zero-order chi connectivity index (χ0) is 17.5. The Morgan fingerprint density at radius 2 is 1.75 bits per heavy atom. The van der Waals surface area contributed by atoms with Crippen molar-refractivity contribution in [1.82, 2.24) is 30.0 Å². The topological polar surface area (TPSA) is 68.9 Å². The predicted octanol–water partition coefficient (Wildman–Crippen LogP) is 3.87. The smallest absolute Gasteiger partial charge is 0.187 e. The molecule has 0 aliphatic rings. The van der Waals surface area contributed by atoms with Crippen LogP contribution in [0.25, 0.3) is 5.65 Å². The monoisotopic (exact) mass is 392 g/mol. The molecule has 0 spiro atoms. The van der Waals surface area contributed by atoms with Crippen LogP contribution in [0.3, 0.4) is 0 Å². The normalized spacial score (nSPS) is 12.2. The minimum absolute atomic E-state index is 0.101. The second-order valence-electron chi connectivity index (χ2n) is 4.68. The van der Waals surface area contributed by atoms with Crippen molar-refractivity contribution >= 4 is 40.5 Å². The largest absolute Gasteiger partial charge is 0.453 e. The minimum atomic E-state index is -4.62. The maximum absolute atomic E-state index is 13.0. The summed E-state index contributed by atoms with van der Waals surface area (Å²) in [7, 11) is 0. The van der Waals surface area contributed by atoms with Crippen LogP contribution in [0.4, 0.5) is 13.2 Å². The van der Waals surface area contributed by atoms with Crippen LogP contribution in [-0.4, -0.2) is 35.8 Å². The highest BCUT2D eigenvalue weighted by atomic mass is 32.2. The molecule has 0 aromatic carbocycles. The molecule has 0 amide bonds. The Morgan fingerprint density at radius 1 is 1.04 bits per heavy atom. The van der Waals surface area contributed by atoms with Gasteiger partial charge in [-0.3, -0.25) is 0 Å². The zero-order valence-corrected chi connectivity index (χ0v) is 15.2. The SMILES string of the molecule is CCSc1nnc(Sc2nn3c(C(F)(F)F)nnc3c(C)c2C)s1. The minimum Gasteiger partial charge on any atom is -0.187 e. The third-order valence-electron chi connectivity index (χ3n) is 3.14. The van der Waals surface area contributed by atoms with Gasteiger partial charge in [0.2, 0.25) is 0 Å². The third kappa shape index (κ3) is 3.22. The lowest BCUT2D eigenvalue weighted by Gasteiger charge is -2.09. The van der Waals surface area contributed by atoms with Crippen molar-refractivity contribution in [3.8, 4) is 0 Å². The molecule has 0 radical (unpaired) electrons. The standard InChI is InChI=1S/C12H11F3N6S3/c1-4-22-10-18-19-11(24-10)23-8-6(3)5(2)7-16-17-9(12(13,14)15)21(7)20-8/h4H2,1-3H3. The number of alkyl halides is 3. The van der Waals surface area contributed by atoms with Gasteiger partial charge in [0.05, 0.1) is 0 Å². The molecule has 3 rings (SSSR count). The molecule has 0 atom stereocenters. The second-order valence-corrected chi connectivity index (χ2v) is 8.41. The van der Waals surface area contributed by atoms with Crippen LogP contribution in [0.2, 0.25) is 0 Å². The average molecular weight is 392 g/mol. The fraction of sp³-hybridized carbons (Fsp3) is 0.417. The molecule has 3 heterocycles. The quantitative estimate of drug-likeness (QED) is 0.624. The van der Waals surface area contributed by atoms with Crippen molar-refractivity contribution in [2.45, 2.75) is 40.7 Å². The zero-order valence-electron chi connectivity index (χ0n) is 12.7. The Hall–Kier alpha value is -1.40. The molecule has 0 aliphatic heterocycles. The first-order valence-corrected chi connectivity index (χ1v) is 9.37. The van der Waals surface area contributed by atoms with Crippen LogP contribution >= 0.6 is 34.9 Å². The van der Waals surface area contributed by atoms with Crippen molar-refractivity contribution in [2.75, 3.05) is 5.75 Å². The molecule has 128 valence electrons. The maximum atomic E-state index is 13.0. The lowest BCUT2D eigenvalue weighted by atomic mass is 10.2. The van der Waals surface area contributed by atoms with Gasteiger partial charge in [-0.15, -0.1) is 20.4 Å². The van der Waals surface area contributed by atoms with Gasteiger partial charge in [0.25, 0.3) is 5.82 Å². The lowest BCUT2D eigenvalue weighted by molar-refractivity contribution is -0.146. The Bertz CT molecular complexity index is 888. The van der Waals surface area contributed by atoms with Gasteiger partial charge in [-0.05, 0) is 36.9 Å². The van der Waals surface area contributed by atoms with Crippen molar-refractivity contribution in [2.24, 2.45) is 0 Å². The summed E-state index contributed by atoms with van der Waals surface area (Å²) in [6, 6.07) is 0. The highest BCUT2D eigenvalue weighted by Gasteiger charge is 2.38. The molecule has 6 nitrogen and oxygen atoms in total. The van der Waals surface area contributed by atoms with Gasteiger partial charge >= 0.3 is 6.18 Å². The molecular weight excluding hydrogens is 381 g/mol. The molecule has 0 unspecified atom stereocenters. The van der Waals surface area contributed by atoms with Crippen LogP contribution in [0.5, 0.6) is 0 Å². The van der Waals surface area contributed by atoms with E-state index in [0.717, 1.165) is 20.2 Å². The van der Waals surface area contributed by atoms with Gasteiger partial charge in [-0.2, -0.15) is 22.8 Å². The summed E-state index contributed by atoms with van der Waals surface area (Å²) in [5.41, 5.74) is 1.44. The van der Waals surface area contributed by atoms with Crippen LogP contribution in [0.1, 0.15) is 23.9 Å². The summed E-state index contributed by atoms with van der Waals surface area (Å²) in [4.78, 5) is 0. The summed E-state index contributed by atoms with van der Waals surface area (Å²) in [6.45, 7) is 5.49. The number of aromatic nitrogens is 6. The number of nitrogens with zero attached hydrogens (tertiary/aromatic N) is 6. The van der Waals surface area contributed by atoms with Gasteiger partial charge in [0.1, 0.15) is 5.03 Å². The van der Waals surface area contributed by atoms with E-state index in [0.29, 0.717) is 14.9 Å². The molecule has 0 saturated heterocycles. The Labute approximate surface area is 147 Å². The van der Waals surface area contributed by atoms with Crippen LogP contribution in [-0.2, 0) is 6.18 Å². The molecular formula is C12H11F3N6S3. The Balaban J connectivity index is 2.05. The van der Waals surface area contributed by atoms with E-state index in [9.17, 15) is 13.2 Å². The second kappa shape index (κ2) is 6.48. The van der Waals surface area contributed by atoms with Gasteiger partial charge in [0, 0.05) is 5.56 Å². The van der Waals surface area contributed by atoms with Gasteiger partial charge in [0.15, 0.2) is 14.3 Å². The summed E-state index contributed by atoms with van der Waals surface area (Å²) in [5.74, 6) is -0.265. The maximum Gasteiger partial charge on any atom is 0.453 e. The average Bonchev–Trinajstić information content (AvgIpc) is 3.11. The van der Waals surface area contributed by atoms with E-state index < -0.39 is 12.0 Å². The first kappa shape index (κ1) is 17.4. The van der Waals surface area contributed by atoms with E-state index >= 15 is 0 Å². The molecule has 3 aromatic rings. The third-order valence-corrected chi connectivity index (χ3v) is 6.21. The molecule has 12 heteroatoms. The van der Waals surface area contributed by atoms with E-state index in [1.165, 1.54) is 23.1 Å². The number of halogens is 3. The number of thioether (sulfide) groups is 1. The van der Waals surface area contributed by atoms with Crippen LogP contribution in [0, 0.1) is 13.8 Å². The van der Waals surface area contributed by atoms with Crippen LogP contribution in [0.15, 0.2) is 13.7 Å². The van der Waals surface area contributed by atoms with Crippen molar-refractivity contribution in [1.29, 1.82) is 0 Å². The first-order valence-electron chi connectivity index (χ1n) is 6.75. The Kier molecular flexibility index (Phi) is 4.71. The molecule has 0 aliphatic carbocycles. The van der Waals surface area contributed by atoms with Gasteiger partial charge < -0.3 is 0 Å². The predicted molar refractivity (Wildman–Crippen MR) is 85.7 cm³/mol. The van der Waals surface area contributed by atoms with Crippen molar-refractivity contribution < 1.29 is 13.2 Å². The molecule has 24 heavy (non-hydrogen) atoms. The van der Waals surface area contributed by atoms with Gasteiger partial charge in [-0.25, -0.2) is 0 Å². The lowest BCUT2D eigenvalue weighted by Crippen LogP contribution is -2.13. The number of hydrogen-bond acceptors (Lipinski definition) is 8. The molecule has 3 aromatic heterocycles. The van der Waals surface area contributed by atoms with E-state index in [2.05, 4.69) is 25.5 Å². The summed E-state index contributed by atoms with van der Waals surface area (Å²) < 4.78 is 41.3. The van der Waals surface area contributed by atoms with Crippen molar-refractivity contribution in [3.05, 3.63) is 17.0 Å². The highest BCUT2D eigenvalue weighted by molar-refractivity contribution is 8.03. The van der Waals surface area contributed by atoms with Gasteiger partial charge in [-0.1, -0.05) is 30.0 Å². The summed E-state index contributed by atoms with van der Waals surface area (Å²) in [6.07, 6.45) is -4.62. The van der Waals surface area contributed by atoms with E-state index in [1.807, 2.05) is 6.92 Å². The number of aryl methyl sites for hydroxylation is 1. The number of rotatable bonds is 4. The molecule has 0 fully saturated rings. The Morgan fingerprint density at radius 3 is 2.42 bits per heavy atom. The van der Waals surface area contributed by atoms with E-state index in [4.69, 9.17) is 0 Å². The fourth-order valence-electron chi connectivity index (χ4n) is 1.88. The summed E-state index contributed by atoms with van der Waals surface area (Å²) >= 11 is 4.14. The first-order chi connectivity index (χ1) is 11.3. The van der Waals surface area contributed by atoms with E-state index in [1.54, 1.807) is 25.6 Å².